The molecular weight excluding hydrogens is 408 g/mol. The largest absolute Gasteiger partial charge is 0.365 e. The van der Waals surface area contributed by atoms with Gasteiger partial charge in [-0.1, -0.05) is 12.1 Å². The summed E-state index contributed by atoms with van der Waals surface area (Å²) in [6.45, 7) is 4.00. The number of hydrogen-bond donors (Lipinski definition) is 3. The van der Waals surface area contributed by atoms with Gasteiger partial charge in [-0.25, -0.2) is 0 Å². The van der Waals surface area contributed by atoms with Crippen LogP contribution in [0.25, 0.3) is 0 Å². The van der Waals surface area contributed by atoms with E-state index in [1.165, 1.54) is 12.8 Å². The summed E-state index contributed by atoms with van der Waals surface area (Å²) in [7, 11) is 0. The summed E-state index contributed by atoms with van der Waals surface area (Å²) >= 11 is 0. The van der Waals surface area contributed by atoms with E-state index >= 15 is 0 Å². The Balaban J connectivity index is 1.24. The predicted octanol–water partition coefficient (Wildman–Crippen LogP) is 1.26. The van der Waals surface area contributed by atoms with E-state index in [1.54, 1.807) is 11.0 Å². The Hall–Kier alpha value is -3.20. The highest BCUT2D eigenvalue weighted by Gasteiger charge is 2.39. The van der Waals surface area contributed by atoms with E-state index in [-0.39, 0.29) is 24.1 Å². The number of anilines is 1. The number of imide groups is 1. The number of nitrogens with zero attached hydrogens (tertiary/aromatic N) is 3. The highest BCUT2D eigenvalue weighted by molar-refractivity contribution is 6.05. The number of hydrogen-bond acceptors (Lipinski definition) is 6. The quantitative estimate of drug-likeness (QED) is 0.589. The van der Waals surface area contributed by atoms with E-state index in [0.717, 1.165) is 36.6 Å². The second kappa shape index (κ2) is 8.74. The third kappa shape index (κ3) is 4.12. The van der Waals surface area contributed by atoms with Gasteiger partial charge in [-0.05, 0) is 55.5 Å². The first-order valence-corrected chi connectivity index (χ1v) is 11.3. The Bertz CT molecular complexity index is 1040. The second-order valence-corrected chi connectivity index (χ2v) is 8.81. The van der Waals surface area contributed by atoms with Crippen LogP contribution >= 0.6 is 0 Å². The molecule has 2 saturated heterocycles. The monoisotopic (exact) mass is 436 g/mol. The van der Waals surface area contributed by atoms with Gasteiger partial charge in [0.25, 0.3) is 5.91 Å². The van der Waals surface area contributed by atoms with E-state index in [4.69, 9.17) is 0 Å². The smallest absolute Gasteiger partial charge is 0.255 e. The molecule has 0 radical (unpaired) electrons. The zero-order chi connectivity index (χ0) is 22.1. The Morgan fingerprint density at radius 2 is 1.94 bits per heavy atom. The van der Waals surface area contributed by atoms with Crippen LogP contribution in [0.5, 0.6) is 0 Å². The van der Waals surface area contributed by atoms with Gasteiger partial charge in [-0.2, -0.15) is 5.10 Å². The summed E-state index contributed by atoms with van der Waals surface area (Å²) in [4.78, 5) is 38.3. The van der Waals surface area contributed by atoms with Crippen LogP contribution in [0.3, 0.4) is 0 Å². The molecule has 168 valence electrons. The van der Waals surface area contributed by atoms with Crippen LogP contribution < -0.4 is 16.0 Å². The lowest BCUT2D eigenvalue weighted by Gasteiger charge is -2.29. The highest BCUT2D eigenvalue weighted by atomic mass is 16.2. The number of benzene rings is 1. The van der Waals surface area contributed by atoms with Crippen molar-refractivity contribution in [3.8, 4) is 0 Å². The number of carbonyl (C=O) groups is 3. The van der Waals surface area contributed by atoms with Crippen molar-refractivity contribution in [3.63, 3.8) is 0 Å². The van der Waals surface area contributed by atoms with Crippen molar-refractivity contribution in [1.29, 1.82) is 0 Å². The molecule has 1 atom stereocenters. The molecule has 0 aliphatic carbocycles. The molecule has 9 heteroatoms. The number of aromatic nitrogens is 2. The normalized spacial score (nSPS) is 21.6. The highest BCUT2D eigenvalue weighted by Crippen LogP contribution is 2.30. The summed E-state index contributed by atoms with van der Waals surface area (Å²) in [5.41, 5.74) is 2.58. The number of piperidine rings is 2. The van der Waals surface area contributed by atoms with Crippen LogP contribution in [0, 0.1) is 5.92 Å². The fraction of sp³-hybridized carbons (Fsp3) is 0.478. The van der Waals surface area contributed by atoms with E-state index < -0.39 is 6.04 Å². The van der Waals surface area contributed by atoms with Crippen molar-refractivity contribution in [2.75, 3.05) is 18.4 Å². The minimum Gasteiger partial charge on any atom is -0.365 e. The van der Waals surface area contributed by atoms with E-state index in [2.05, 4.69) is 21.0 Å². The molecule has 1 aromatic heterocycles. The minimum absolute atomic E-state index is 0.150. The van der Waals surface area contributed by atoms with Gasteiger partial charge in [-0.15, -0.1) is 0 Å². The van der Waals surface area contributed by atoms with Gasteiger partial charge >= 0.3 is 0 Å². The molecule has 1 aromatic carbocycles. The molecule has 0 bridgehead atoms. The molecule has 2 aromatic rings. The number of nitrogens with one attached hydrogen (secondary N) is 3. The van der Waals surface area contributed by atoms with E-state index in [1.807, 2.05) is 29.1 Å². The molecule has 9 nitrogen and oxygen atoms in total. The van der Waals surface area contributed by atoms with Gasteiger partial charge < -0.3 is 15.5 Å². The molecular formula is C23H28N6O3. The molecule has 0 spiro atoms. The van der Waals surface area contributed by atoms with Crippen LogP contribution in [0.1, 0.15) is 47.2 Å². The Labute approximate surface area is 186 Å². The van der Waals surface area contributed by atoms with Crippen molar-refractivity contribution in [2.45, 2.75) is 51.4 Å². The van der Waals surface area contributed by atoms with Crippen LogP contribution in [0.15, 0.2) is 30.5 Å². The molecule has 3 aliphatic heterocycles. The average Bonchev–Trinajstić information content (AvgIpc) is 3.38. The van der Waals surface area contributed by atoms with Crippen molar-refractivity contribution < 1.29 is 14.4 Å². The summed E-state index contributed by atoms with van der Waals surface area (Å²) < 4.78 is 2.00. The molecule has 3 aliphatic rings. The Kier molecular flexibility index (Phi) is 5.65. The Morgan fingerprint density at radius 1 is 1.09 bits per heavy atom. The zero-order valence-corrected chi connectivity index (χ0v) is 18.0. The molecule has 0 saturated carbocycles. The number of rotatable bonds is 6. The minimum atomic E-state index is -0.598. The van der Waals surface area contributed by atoms with Gasteiger partial charge in [-0.3, -0.25) is 24.4 Å². The number of amides is 3. The lowest BCUT2D eigenvalue weighted by molar-refractivity contribution is -0.136. The average molecular weight is 437 g/mol. The summed E-state index contributed by atoms with van der Waals surface area (Å²) in [5.74, 6) is 0.650. The van der Waals surface area contributed by atoms with Gasteiger partial charge in [0.2, 0.25) is 11.8 Å². The van der Waals surface area contributed by atoms with E-state index in [9.17, 15) is 14.4 Å². The summed E-state index contributed by atoms with van der Waals surface area (Å²) in [5, 5.41) is 13.8. The standard InChI is InChI=1S/C23H28N6O3/c30-21-5-4-19(22(31)26-21)29-14-18-16(2-1-3-17(18)23(29)32)12-25-20-8-11-28(27-20)13-15-6-9-24-10-7-15/h1-3,8,11,15,19,24H,4-7,9-10,12-14H2,(H,25,27)(H,26,30,31). The van der Waals surface area contributed by atoms with Crippen molar-refractivity contribution >= 4 is 23.5 Å². The third-order valence-electron chi connectivity index (χ3n) is 6.68. The SMILES string of the molecule is O=C1CCC(N2Cc3c(CNc4ccn(CC5CCNCC5)n4)cccc3C2=O)C(=O)N1. The number of carbonyl (C=O) groups excluding carboxylic acids is 3. The molecule has 5 rings (SSSR count). The van der Waals surface area contributed by atoms with E-state index in [0.29, 0.717) is 31.0 Å². The number of fused-ring (bicyclic) bond motifs is 1. The van der Waals surface area contributed by atoms with Crippen LogP contribution in [-0.4, -0.2) is 51.5 Å². The maximum atomic E-state index is 13.0. The summed E-state index contributed by atoms with van der Waals surface area (Å²) in [6, 6.07) is 7.06. The molecule has 3 amide bonds. The van der Waals surface area contributed by atoms with Crippen molar-refractivity contribution in [3.05, 3.63) is 47.2 Å². The van der Waals surface area contributed by atoms with Gasteiger partial charge in [0.05, 0.1) is 0 Å². The first kappa shape index (κ1) is 20.7. The first-order chi connectivity index (χ1) is 15.6. The predicted molar refractivity (Wildman–Crippen MR) is 118 cm³/mol. The lowest BCUT2D eigenvalue weighted by Crippen LogP contribution is -2.52. The van der Waals surface area contributed by atoms with Crippen LogP contribution in [0.4, 0.5) is 5.82 Å². The molecule has 2 fully saturated rings. The van der Waals surface area contributed by atoms with Crippen LogP contribution in [-0.2, 0) is 29.2 Å². The van der Waals surface area contributed by atoms with Gasteiger partial charge in [0.15, 0.2) is 0 Å². The fourth-order valence-electron chi connectivity index (χ4n) is 4.89. The fourth-order valence-corrected chi connectivity index (χ4v) is 4.89. The molecule has 3 N–H and O–H groups in total. The topological polar surface area (TPSA) is 108 Å². The molecule has 32 heavy (non-hydrogen) atoms. The van der Waals surface area contributed by atoms with Gasteiger partial charge in [0, 0.05) is 43.9 Å². The second-order valence-electron chi connectivity index (χ2n) is 8.81. The Morgan fingerprint density at radius 3 is 2.75 bits per heavy atom. The van der Waals surface area contributed by atoms with Crippen molar-refractivity contribution in [2.24, 2.45) is 5.92 Å². The van der Waals surface area contributed by atoms with Crippen molar-refractivity contribution in [1.82, 2.24) is 25.3 Å². The first-order valence-electron chi connectivity index (χ1n) is 11.3. The molecule has 4 heterocycles. The zero-order valence-electron chi connectivity index (χ0n) is 18.0. The maximum absolute atomic E-state index is 13.0. The summed E-state index contributed by atoms with van der Waals surface area (Å²) in [6.07, 6.45) is 4.98. The maximum Gasteiger partial charge on any atom is 0.255 e. The lowest BCUT2D eigenvalue weighted by atomic mass is 9.98. The van der Waals surface area contributed by atoms with Gasteiger partial charge in [0.1, 0.15) is 11.9 Å². The van der Waals surface area contributed by atoms with Crippen LogP contribution in [0.2, 0.25) is 0 Å². The third-order valence-corrected chi connectivity index (χ3v) is 6.68. The molecule has 1 unspecified atom stereocenters.